The molecule has 0 spiro atoms. The standard InChI is InChI=1S/C22H28N2O4/c1-3-25-21(23)17-7-11-19(12-8-17)27-15-5-6-16-28-20-13-9-18(10-14-20)22(24)26-4-2/h7-14,23-24H,3-6,15-16H2,1-2H3. The van der Waals surface area contributed by atoms with E-state index in [-0.39, 0.29) is 11.8 Å². The maximum absolute atomic E-state index is 7.74. The highest BCUT2D eigenvalue weighted by molar-refractivity contribution is 5.92. The minimum atomic E-state index is 0.175. The monoisotopic (exact) mass is 384 g/mol. The van der Waals surface area contributed by atoms with Crippen molar-refractivity contribution in [1.82, 2.24) is 0 Å². The van der Waals surface area contributed by atoms with Crippen LogP contribution in [0.25, 0.3) is 0 Å². The fraction of sp³-hybridized carbons (Fsp3) is 0.364. The van der Waals surface area contributed by atoms with Gasteiger partial charge in [-0.1, -0.05) is 0 Å². The summed E-state index contributed by atoms with van der Waals surface area (Å²) < 4.78 is 21.8. The van der Waals surface area contributed by atoms with E-state index >= 15 is 0 Å². The van der Waals surface area contributed by atoms with Crippen LogP contribution in [0.2, 0.25) is 0 Å². The van der Waals surface area contributed by atoms with Gasteiger partial charge >= 0.3 is 0 Å². The van der Waals surface area contributed by atoms with Gasteiger partial charge in [-0.05, 0) is 75.2 Å². The summed E-state index contributed by atoms with van der Waals surface area (Å²) in [5.41, 5.74) is 1.48. The second-order valence-corrected chi connectivity index (χ2v) is 5.98. The van der Waals surface area contributed by atoms with Crippen molar-refractivity contribution in [2.24, 2.45) is 0 Å². The van der Waals surface area contributed by atoms with Crippen LogP contribution in [0, 0.1) is 10.8 Å². The number of benzene rings is 2. The molecule has 0 atom stereocenters. The van der Waals surface area contributed by atoms with Crippen LogP contribution in [0.1, 0.15) is 37.8 Å². The first kappa shape index (κ1) is 21.3. The number of hydrogen-bond acceptors (Lipinski definition) is 6. The highest BCUT2D eigenvalue weighted by Gasteiger charge is 2.03. The first-order chi connectivity index (χ1) is 13.6. The Morgan fingerprint density at radius 1 is 0.643 bits per heavy atom. The zero-order valence-corrected chi connectivity index (χ0v) is 16.5. The van der Waals surface area contributed by atoms with Gasteiger partial charge in [0.25, 0.3) is 0 Å². The van der Waals surface area contributed by atoms with Gasteiger partial charge in [0.15, 0.2) is 0 Å². The lowest BCUT2D eigenvalue weighted by atomic mass is 10.2. The maximum atomic E-state index is 7.74. The molecule has 2 aromatic rings. The highest BCUT2D eigenvalue weighted by atomic mass is 16.5. The van der Waals surface area contributed by atoms with Crippen molar-refractivity contribution in [2.75, 3.05) is 26.4 Å². The summed E-state index contributed by atoms with van der Waals surface area (Å²) in [5.74, 6) is 1.91. The van der Waals surface area contributed by atoms with E-state index in [1.54, 1.807) is 0 Å². The lowest BCUT2D eigenvalue weighted by Gasteiger charge is -2.10. The normalized spacial score (nSPS) is 10.2. The zero-order valence-electron chi connectivity index (χ0n) is 16.5. The van der Waals surface area contributed by atoms with E-state index in [0.717, 1.165) is 35.5 Å². The minimum absolute atomic E-state index is 0.175. The first-order valence-corrected chi connectivity index (χ1v) is 9.53. The fourth-order valence-corrected chi connectivity index (χ4v) is 2.44. The molecule has 0 amide bonds. The van der Waals surface area contributed by atoms with Crippen LogP contribution < -0.4 is 9.47 Å². The molecule has 0 saturated heterocycles. The van der Waals surface area contributed by atoms with Crippen molar-refractivity contribution in [1.29, 1.82) is 10.8 Å². The SMILES string of the molecule is CCOC(=N)c1ccc(OCCCCOc2ccc(C(=N)OCC)cc2)cc1. The smallest absolute Gasteiger partial charge is 0.213 e. The van der Waals surface area contributed by atoms with E-state index in [1.807, 2.05) is 62.4 Å². The molecule has 0 radical (unpaired) electrons. The molecule has 0 heterocycles. The van der Waals surface area contributed by atoms with Crippen molar-refractivity contribution < 1.29 is 18.9 Å². The molecule has 28 heavy (non-hydrogen) atoms. The topological polar surface area (TPSA) is 84.6 Å². The van der Waals surface area contributed by atoms with E-state index in [1.165, 1.54) is 0 Å². The van der Waals surface area contributed by atoms with E-state index in [0.29, 0.717) is 26.4 Å². The number of rotatable bonds is 11. The Hall–Kier alpha value is -3.02. The molecule has 2 N–H and O–H groups in total. The van der Waals surface area contributed by atoms with E-state index in [9.17, 15) is 0 Å². The van der Waals surface area contributed by atoms with E-state index < -0.39 is 0 Å². The second-order valence-electron chi connectivity index (χ2n) is 5.98. The van der Waals surface area contributed by atoms with Gasteiger partial charge in [0, 0.05) is 11.1 Å². The van der Waals surface area contributed by atoms with Crippen LogP contribution in [-0.2, 0) is 9.47 Å². The van der Waals surface area contributed by atoms with Crippen LogP contribution in [0.15, 0.2) is 48.5 Å². The van der Waals surface area contributed by atoms with Crippen LogP contribution in [-0.4, -0.2) is 38.2 Å². The molecule has 0 aliphatic heterocycles. The molecule has 2 rings (SSSR count). The quantitative estimate of drug-likeness (QED) is 0.335. The van der Waals surface area contributed by atoms with E-state index in [4.69, 9.17) is 29.8 Å². The largest absolute Gasteiger partial charge is 0.494 e. The molecule has 2 aromatic carbocycles. The summed E-state index contributed by atoms with van der Waals surface area (Å²) in [5, 5.41) is 15.5. The number of unbranched alkanes of at least 4 members (excludes halogenated alkanes) is 1. The number of nitrogens with one attached hydrogen (secondary N) is 2. The van der Waals surface area contributed by atoms with Crippen molar-refractivity contribution >= 4 is 11.8 Å². The average molecular weight is 384 g/mol. The first-order valence-electron chi connectivity index (χ1n) is 9.53. The highest BCUT2D eigenvalue weighted by Crippen LogP contribution is 2.15. The molecular formula is C22H28N2O4. The van der Waals surface area contributed by atoms with Crippen molar-refractivity contribution in [3.8, 4) is 11.5 Å². The van der Waals surface area contributed by atoms with Crippen LogP contribution >= 0.6 is 0 Å². The number of ether oxygens (including phenoxy) is 4. The van der Waals surface area contributed by atoms with Gasteiger partial charge in [0.2, 0.25) is 11.8 Å². The molecule has 0 aliphatic rings. The summed E-state index contributed by atoms with van der Waals surface area (Å²) in [6.07, 6.45) is 1.76. The molecule has 0 saturated carbocycles. The Labute approximate surface area is 166 Å². The Balaban J connectivity index is 1.63. The Morgan fingerprint density at radius 3 is 1.32 bits per heavy atom. The van der Waals surface area contributed by atoms with Gasteiger partial charge in [-0.3, -0.25) is 10.8 Å². The third-order valence-corrected chi connectivity index (χ3v) is 3.89. The fourth-order valence-electron chi connectivity index (χ4n) is 2.44. The lowest BCUT2D eigenvalue weighted by molar-refractivity contribution is 0.266. The average Bonchev–Trinajstić information content (AvgIpc) is 2.72. The van der Waals surface area contributed by atoms with Crippen LogP contribution in [0.4, 0.5) is 0 Å². The third-order valence-electron chi connectivity index (χ3n) is 3.89. The van der Waals surface area contributed by atoms with Crippen molar-refractivity contribution in [2.45, 2.75) is 26.7 Å². The predicted octanol–water partition coefficient (Wildman–Crippen LogP) is 4.65. The minimum Gasteiger partial charge on any atom is -0.494 e. The van der Waals surface area contributed by atoms with Gasteiger partial charge in [-0.2, -0.15) is 0 Å². The van der Waals surface area contributed by atoms with Gasteiger partial charge in [-0.25, -0.2) is 0 Å². The molecule has 0 aliphatic carbocycles. The summed E-state index contributed by atoms with van der Waals surface area (Å²) in [6.45, 7) is 5.91. The summed E-state index contributed by atoms with van der Waals surface area (Å²) >= 11 is 0. The summed E-state index contributed by atoms with van der Waals surface area (Å²) in [4.78, 5) is 0. The lowest BCUT2D eigenvalue weighted by Crippen LogP contribution is -2.05. The molecule has 0 aromatic heterocycles. The Bertz CT molecular complexity index is 677. The summed E-state index contributed by atoms with van der Waals surface area (Å²) in [6, 6.07) is 14.7. The summed E-state index contributed by atoms with van der Waals surface area (Å²) in [7, 11) is 0. The van der Waals surface area contributed by atoms with Gasteiger partial charge in [0.05, 0.1) is 26.4 Å². The Kier molecular flexibility index (Phi) is 8.85. The molecule has 6 nitrogen and oxygen atoms in total. The second kappa shape index (κ2) is 11.6. The van der Waals surface area contributed by atoms with Crippen LogP contribution in [0.3, 0.4) is 0 Å². The Morgan fingerprint density at radius 2 is 1.00 bits per heavy atom. The molecular weight excluding hydrogens is 356 g/mol. The van der Waals surface area contributed by atoms with Crippen molar-refractivity contribution in [3.05, 3.63) is 59.7 Å². The predicted molar refractivity (Wildman–Crippen MR) is 110 cm³/mol. The molecule has 6 heteroatoms. The molecule has 0 fully saturated rings. The molecule has 150 valence electrons. The van der Waals surface area contributed by atoms with Crippen LogP contribution in [0.5, 0.6) is 11.5 Å². The molecule has 0 unspecified atom stereocenters. The maximum Gasteiger partial charge on any atom is 0.213 e. The molecule has 0 bridgehead atoms. The number of hydrogen-bond donors (Lipinski definition) is 2. The van der Waals surface area contributed by atoms with Crippen molar-refractivity contribution in [3.63, 3.8) is 0 Å². The van der Waals surface area contributed by atoms with Gasteiger partial charge in [0.1, 0.15) is 11.5 Å². The van der Waals surface area contributed by atoms with Gasteiger partial charge < -0.3 is 18.9 Å². The zero-order chi connectivity index (χ0) is 20.2. The van der Waals surface area contributed by atoms with Gasteiger partial charge in [-0.15, -0.1) is 0 Å². The van der Waals surface area contributed by atoms with E-state index in [2.05, 4.69) is 0 Å². The third kappa shape index (κ3) is 6.95.